The molecular weight excluding hydrogens is 262 g/mol. The Balaban J connectivity index is 2.32. The van der Waals surface area contributed by atoms with Gasteiger partial charge in [0.05, 0.1) is 12.2 Å². The highest BCUT2D eigenvalue weighted by atomic mass is 32.1. The number of hydrogen-bond acceptors (Lipinski definition) is 4. The maximum absolute atomic E-state index is 11.7. The molecule has 0 atom stereocenters. The fraction of sp³-hybridized carbons (Fsp3) is 0.462. The summed E-state index contributed by atoms with van der Waals surface area (Å²) in [4.78, 5) is 29.8. The molecule has 0 aromatic carbocycles. The summed E-state index contributed by atoms with van der Waals surface area (Å²) in [6.07, 6.45) is 1.57. The van der Waals surface area contributed by atoms with Crippen LogP contribution in [0.3, 0.4) is 0 Å². The summed E-state index contributed by atoms with van der Waals surface area (Å²) in [5.74, 6) is 0. The van der Waals surface area contributed by atoms with Crippen LogP contribution in [0.25, 0.3) is 0 Å². The third kappa shape index (κ3) is 3.01. The van der Waals surface area contributed by atoms with Crippen LogP contribution < -0.4 is 11.2 Å². The first-order chi connectivity index (χ1) is 8.77. The van der Waals surface area contributed by atoms with E-state index >= 15 is 0 Å². The normalized spacial score (nSPS) is 11.8. The monoisotopic (exact) mass is 279 g/mol. The highest BCUT2D eigenvalue weighted by molar-refractivity contribution is 7.09. The molecule has 0 spiro atoms. The van der Waals surface area contributed by atoms with Crippen LogP contribution in [-0.2, 0) is 12.0 Å². The Kier molecular flexibility index (Phi) is 3.45. The summed E-state index contributed by atoms with van der Waals surface area (Å²) in [6.45, 7) is 8.36. The number of H-pyrrole nitrogens is 1. The van der Waals surface area contributed by atoms with Crippen molar-refractivity contribution in [3.8, 4) is 0 Å². The maximum atomic E-state index is 11.7. The van der Waals surface area contributed by atoms with Crippen LogP contribution in [0.1, 0.15) is 37.0 Å². The van der Waals surface area contributed by atoms with Gasteiger partial charge in [0.15, 0.2) is 0 Å². The van der Waals surface area contributed by atoms with E-state index in [1.165, 1.54) is 15.9 Å². The SMILES string of the molecule is Cc1cn(Cc2nc(C(C)(C)C)cs2)c(=O)[nH]c1=O. The van der Waals surface area contributed by atoms with E-state index in [4.69, 9.17) is 0 Å². The van der Waals surface area contributed by atoms with Crippen LogP contribution >= 0.6 is 11.3 Å². The number of aromatic nitrogens is 3. The van der Waals surface area contributed by atoms with E-state index in [1.807, 2.05) is 5.38 Å². The maximum Gasteiger partial charge on any atom is 0.328 e. The van der Waals surface area contributed by atoms with Gasteiger partial charge in [0.2, 0.25) is 0 Å². The van der Waals surface area contributed by atoms with Crippen LogP contribution in [0, 0.1) is 6.92 Å². The second kappa shape index (κ2) is 4.77. The van der Waals surface area contributed by atoms with Crippen molar-refractivity contribution in [3.63, 3.8) is 0 Å². The zero-order valence-electron chi connectivity index (χ0n) is 11.5. The standard InChI is InChI=1S/C13H17N3O2S/c1-8-5-16(12(18)15-11(8)17)6-10-14-9(7-19-10)13(2,3)4/h5,7H,6H2,1-4H3,(H,15,17,18). The minimum Gasteiger partial charge on any atom is -0.293 e. The van der Waals surface area contributed by atoms with Gasteiger partial charge in [-0.3, -0.25) is 14.3 Å². The van der Waals surface area contributed by atoms with Gasteiger partial charge >= 0.3 is 5.69 Å². The highest BCUT2D eigenvalue weighted by Gasteiger charge is 2.17. The van der Waals surface area contributed by atoms with Crippen molar-refractivity contribution in [2.75, 3.05) is 0 Å². The van der Waals surface area contributed by atoms with E-state index < -0.39 is 5.69 Å². The number of rotatable bonds is 2. The fourth-order valence-corrected chi connectivity index (χ4v) is 2.63. The summed E-state index contributed by atoms with van der Waals surface area (Å²) in [7, 11) is 0. The van der Waals surface area contributed by atoms with E-state index in [1.54, 1.807) is 13.1 Å². The molecule has 0 aliphatic heterocycles. The molecule has 0 aliphatic rings. The zero-order chi connectivity index (χ0) is 14.2. The van der Waals surface area contributed by atoms with Crippen LogP contribution in [0.4, 0.5) is 0 Å². The van der Waals surface area contributed by atoms with E-state index in [0.29, 0.717) is 12.1 Å². The first kappa shape index (κ1) is 13.7. The molecule has 0 fully saturated rings. The Hall–Kier alpha value is -1.69. The van der Waals surface area contributed by atoms with E-state index in [9.17, 15) is 9.59 Å². The Morgan fingerprint density at radius 3 is 2.63 bits per heavy atom. The van der Waals surface area contributed by atoms with Crippen molar-refractivity contribution in [2.45, 2.75) is 39.7 Å². The van der Waals surface area contributed by atoms with Crippen LogP contribution in [0.15, 0.2) is 21.2 Å². The molecule has 0 saturated heterocycles. The molecule has 102 valence electrons. The Bertz CT molecular complexity index is 704. The van der Waals surface area contributed by atoms with E-state index in [-0.39, 0.29) is 11.0 Å². The summed E-state index contributed by atoms with van der Waals surface area (Å²) in [6, 6.07) is 0. The van der Waals surface area contributed by atoms with Gasteiger partial charge in [-0.2, -0.15) is 0 Å². The summed E-state index contributed by atoms with van der Waals surface area (Å²) >= 11 is 1.53. The van der Waals surface area contributed by atoms with Gasteiger partial charge in [0.25, 0.3) is 5.56 Å². The van der Waals surface area contributed by atoms with E-state index in [2.05, 4.69) is 30.7 Å². The number of hydrogen-bond donors (Lipinski definition) is 1. The molecule has 0 bridgehead atoms. The fourth-order valence-electron chi connectivity index (χ4n) is 1.61. The number of thiazole rings is 1. The van der Waals surface area contributed by atoms with Crippen molar-refractivity contribution >= 4 is 11.3 Å². The molecule has 5 nitrogen and oxygen atoms in total. The molecule has 6 heteroatoms. The van der Waals surface area contributed by atoms with Gasteiger partial charge in [0, 0.05) is 22.6 Å². The Morgan fingerprint density at radius 1 is 1.37 bits per heavy atom. The summed E-state index contributed by atoms with van der Waals surface area (Å²) in [5, 5.41) is 2.87. The lowest BCUT2D eigenvalue weighted by atomic mass is 9.93. The quantitative estimate of drug-likeness (QED) is 0.909. The van der Waals surface area contributed by atoms with Gasteiger partial charge < -0.3 is 0 Å². The molecule has 2 rings (SSSR count). The van der Waals surface area contributed by atoms with Crippen molar-refractivity contribution in [3.05, 3.63) is 48.7 Å². The van der Waals surface area contributed by atoms with Gasteiger partial charge in [-0.15, -0.1) is 11.3 Å². The lowest BCUT2D eigenvalue weighted by Crippen LogP contribution is -2.31. The minimum atomic E-state index is -0.400. The molecule has 0 unspecified atom stereocenters. The van der Waals surface area contributed by atoms with Crippen molar-refractivity contribution in [2.24, 2.45) is 0 Å². The van der Waals surface area contributed by atoms with Gasteiger partial charge in [-0.05, 0) is 6.92 Å². The van der Waals surface area contributed by atoms with Crippen LogP contribution in [-0.4, -0.2) is 14.5 Å². The van der Waals surface area contributed by atoms with Crippen molar-refractivity contribution in [1.29, 1.82) is 0 Å². The van der Waals surface area contributed by atoms with Crippen LogP contribution in [0.5, 0.6) is 0 Å². The molecule has 2 heterocycles. The second-order valence-electron chi connectivity index (χ2n) is 5.58. The molecule has 1 N–H and O–H groups in total. The van der Waals surface area contributed by atoms with Gasteiger partial charge in [-0.25, -0.2) is 9.78 Å². The summed E-state index contributed by atoms with van der Waals surface area (Å²) in [5.41, 5.74) is 0.799. The molecule has 2 aromatic rings. The lowest BCUT2D eigenvalue weighted by molar-refractivity contribution is 0.568. The number of nitrogens with one attached hydrogen (secondary N) is 1. The van der Waals surface area contributed by atoms with Crippen molar-refractivity contribution < 1.29 is 0 Å². The highest BCUT2D eigenvalue weighted by Crippen LogP contribution is 2.23. The minimum absolute atomic E-state index is 0.000624. The molecular formula is C13H17N3O2S. The molecule has 0 radical (unpaired) electrons. The third-order valence-electron chi connectivity index (χ3n) is 2.81. The number of aromatic amines is 1. The largest absolute Gasteiger partial charge is 0.328 e. The van der Waals surface area contributed by atoms with Gasteiger partial charge in [-0.1, -0.05) is 20.8 Å². The Morgan fingerprint density at radius 2 is 2.05 bits per heavy atom. The van der Waals surface area contributed by atoms with Crippen LogP contribution in [0.2, 0.25) is 0 Å². The molecule has 0 amide bonds. The van der Waals surface area contributed by atoms with E-state index in [0.717, 1.165) is 10.7 Å². The topological polar surface area (TPSA) is 67.8 Å². The first-order valence-electron chi connectivity index (χ1n) is 6.02. The average molecular weight is 279 g/mol. The molecule has 0 saturated carbocycles. The summed E-state index contributed by atoms with van der Waals surface area (Å²) < 4.78 is 1.47. The predicted molar refractivity (Wildman–Crippen MR) is 76.0 cm³/mol. The third-order valence-corrected chi connectivity index (χ3v) is 3.65. The lowest BCUT2D eigenvalue weighted by Gasteiger charge is -2.14. The first-order valence-corrected chi connectivity index (χ1v) is 6.90. The Labute approximate surface area is 115 Å². The molecule has 19 heavy (non-hydrogen) atoms. The molecule has 0 aliphatic carbocycles. The average Bonchev–Trinajstić information content (AvgIpc) is 2.74. The number of nitrogens with zero attached hydrogens (tertiary/aromatic N) is 2. The van der Waals surface area contributed by atoms with Gasteiger partial charge in [0.1, 0.15) is 5.01 Å². The number of aryl methyl sites for hydroxylation is 1. The predicted octanol–water partition coefficient (Wildman–Crippen LogP) is 1.65. The molecule has 2 aromatic heterocycles. The smallest absolute Gasteiger partial charge is 0.293 e. The zero-order valence-corrected chi connectivity index (χ0v) is 12.3. The second-order valence-corrected chi connectivity index (χ2v) is 6.52. The van der Waals surface area contributed by atoms with Crippen molar-refractivity contribution in [1.82, 2.24) is 14.5 Å².